The number of carbonyl (C=O) groups excluding carboxylic acids is 1. The van der Waals surface area contributed by atoms with Crippen LogP contribution in [-0.2, 0) is 14.3 Å². The second kappa shape index (κ2) is 5.92. The van der Waals surface area contributed by atoms with E-state index >= 15 is 0 Å². The fourth-order valence-electron chi connectivity index (χ4n) is 2.27. The summed E-state index contributed by atoms with van der Waals surface area (Å²) in [6, 6.07) is 5.89. The molecule has 0 radical (unpaired) electrons. The first kappa shape index (κ1) is 14.3. The monoisotopic (exact) mass is 279 g/mol. The summed E-state index contributed by atoms with van der Waals surface area (Å²) < 4.78 is 5.36. The Bertz CT molecular complexity index is 499. The van der Waals surface area contributed by atoms with Gasteiger partial charge in [-0.05, 0) is 37.6 Å². The van der Waals surface area contributed by atoms with Crippen LogP contribution < -0.4 is 4.90 Å². The van der Waals surface area contributed by atoms with Gasteiger partial charge in [0.25, 0.3) is 0 Å². The highest BCUT2D eigenvalue weighted by Gasteiger charge is 2.33. The summed E-state index contributed by atoms with van der Waals surface area (Å²) in [5, 5.41) is 18.2. The predicted molar refractivity (Wildman–Crippen MR) is 71.6 cm³/mol. The zero-order valence-corrected chi connectivity index (χ0v) is 11.2. The van der Waals surface area contributed by atoms with Crippen LogP contribution in [0.5, 0.6) is 5.75 Å². The van der Waals surface area contributed by atoms with Crippen LogP contribution in [0.15, 0.2) is 24.3 Å². The van der Waals surface area contributed by atoms with Crippen LogP contribution in [0.2, 0.25) is 0 Å². The lowest BCUT2D eigenvalue weighted by Gasteiger charge is -2.23. The van der Waals surface area contributed by atoms with E-state index in [1.807, 2.05) is 6.92 Å². The van der Waals surface area contributed by atoms with E-state index in [1.54, 1.807) is 0 Å². The van der Waals surface area contributed by atoms with E-state index < -0.39 is 12.5 Å². The Labute approximate surface area is 116 Å². The molecule has 20 heavy (non-hydrogen) atoms. The second-order valence-corrected chi connectivity index (χ2v) is 4.91. The predicted octanol–water partition coefficient (Wildman–Crippen LogP) is 1.23. The summed E-state index contributed by atoms with van der Waals surface area (Å²) in [6.45, 7) is 1.79. The van der Waals surface area contributed by atoms with E-state index in [1.165, 1.54) is 29.2 Å². The number of anilines is 1. The Hall–Kier alpha value is -2.08. The van der Waals surface area contributed by atoms with E-state index in [9.17, 15) is 14.7 Å². The number of amides is 1. The molecule has 0 spiro atoms. The Morgan fingerprint density at radius 2 is 2.00 bits per heavy atom. The minimum Gasteiger partial charge on any atom is -0.508 e. The van der Waals surface area contributed by atoms with Crippen molar-refractivity contribution < 1.29 is 24.5 Å². The van der Waals surface area contributed by atoms with Gasteiger partial charge in [0, 0.05) is 5.69 Å². The topological polar surface area (TPSA) is 87.1 Å². The maximum atomic E-state index is 12.4. The second-order valence-electron chi connectivity index (χ2n) is 4.91. The molecule has 1 saturated heterocycles. The lowest BCUT2D eigenvalue weighted by atomic mass is 10.0. The van der Waals surface area contributed by atoms with E-state index in [0.29, 0.717) is 18.7 Å². The highest BCUT2D eigenvalue weighted by atomic mass is 16.5. The number of aliphatic carboxylic acids is 1. The van der Waals surface area contributed by atoms with Gasteiger partial charge in [-0.3, -0.25) is 9.59 Å². The Morgan fingerprint density at radius 3 is 2.50 bits per heavy atom. The van der Waals surface area contributed by atoms with Crippen LogP contribution in [0, 0.1) is 5.92 Å². The van der Waals surface area contributed by atoms with Crippen LogP contribution in [0.3, 0.4) is 0 Å². The number of carboxylic acids is 1. The molecule has 0 bridgehead atoms. The Balaban J connectivity index is 2.20. The number of phenolic OH excluding ortho intramolecular Hbond substituents is 1. The van der Waals surface area contributed by atoms with Gasteiger partial charge in [-0.2, -0.15) is 0 Å². The maximum absolute atomic E-state index is 12.4. The Kier molecular flexibility index (Phi) is 4.24. The van der Waals surface area contributed by atoms with Crippen molar-refractivity contribution in [2.45, 2.75) is 19.4 Å². The molecule has 2 rings (SSSR count). The van der Waals surface area contributed by atoms with E-state index in [4.69, 9.17) is 9.84 Å². The summed E-state index contributed by atoms with van der Waals surface area (Å²) >= 11 is 0. The zero-order chi connectivity index (χ0) is 14.7. The van der Waals surface area contributed by atoms with Crippen LogP contribution >= 0.6 is 0 Å². The van der Waals surface area contributed by atoms with Crippen molar-refractivity contribution in [2.75, 3.05) is 18.1 Å². The molecule has 2 unspecified atom stereocenters. The number of rotatable bonds is 4. The number of nitrogens with zero attached hydrogens (tertiary/aromatic N) is 1. The van der Waals surface area contributed by atoms with Gasteiger partial charge in [-0.25, -0.2) is 0 Å². The molecule has 6 nitrogen and oxygen atoms in total. The number of aromatic hydroxyl groups is 1. The summed E-state index contributed by atoms with van der Waals surface area (Å²) in [5.74, 6) is -1.60. The highest BCUT2D eigenvalue weighted by Crippen LogP contribution is 2.25. The van der Waals surface area contributed by atoms with Gasteiger partial charge < -0.3 is 19.8 Å². The number of carbonyl (C=O) groups is 2. The number of benzene rings is 1. The minimum atomic E-state index is -1.08. The van der Waals surface area contributed by atoms with Crippen LogP contribution in [0.25, 0.3) is 0 Å². The molecule has 1 aliphatic heterocycles. The maximum Gasteiger partial charge on any atom is 0.323 e. The standard InChI is InChI=1S/C14H17NO5/c1-9-6-10(8-20-9)14(19)15(7-13(17)18)11-2-4-12(16)5-3-11/h2-5,9-10,16H,6-8H2,1H3,(H,17,18). The van der Waals surface area contributed by atoms with Crippen LogP contribution in [0.1, 0.15) is 13.3 Å². The summed E-state index contributed by atoms with van der Waals surface area (Å²) in [7, 11) is 0. The van der Waals surface area contributed by atoms with Crippen molar-refractivity contribution in [1.82, 2.24) is 0 Å². The number of carboxylic acid groups (broad SMARTS) is 1. The lowest BCUT2D eigenvalue weighted by molar-refractivity contribution is -0.137. The third-order valence-corrected chi connectivity index (χ3v) is 3.27. The molecule has 0 aromatic heterocycles. The van der Waals surface area contributed by atoms with Gasteiger partial charge in [0.2, 0.25) is 5.91 Å². The zero-order valence-electron chi connectivity index (χ0n) is 11.2. The molecule has 1 fully saturated rings. The van der Waals surface area contributed by atoms with Gasteiger partial charge in [0.1, 0.15) is 12.3 Å². The van der Waals surface area contributed by atoms with E-state index in [0.717, 1.165) is 0 Å². The third-order valence-electron chi connectivity index (χ3n) is 3.27. The number of ether oxygens (including phenoxy) is 1. The van der Waals surface area contributed by atoms with Crippen LogP contribution in [-0.4, -0.2) is 41.3 Å². The van der Waals surface area contributed by atoms with E-state index in [2.05, 4.69) is 0 Å². The first-order valence-corrected chi connectivity index (χ1v) is 6.41. The van der Waals surface area contributed by atoms with Crippen LogP contribution in [0.4, 0.5) is 5.69 Å². The lowest BCUT2D eigenvalue weighted by Crippen LogP contribution is -2.40. The van der Waals surface area contributed by atoms with Crippen molar-refractivity contribution in [3.05, 3.63) is 24.3 Å². The molecule has 108 valence electrons. The molecule has 1 heterocycles. The van der Waals surface area contributed by atoms with Gasteiger partial charge >= 0.3 is 5.97 Å². The summed E-state index contributed by atoms with van der Waals surface area (Å²) in [4.78, 5) is 24.6. The van der Waals surface area contributed by atoms with Crippen molar-refractivity contribution >= 4 is 17.6 Å². The molecule has 2 atom stereocenters. The fraction of sp³-hybridized carbons (Fsp3) is 0.429. The molecular formula is C14H17NO5. The number of hydrogen-bond donors (Lipinski definition) is 2. The first-order valence-electron chi connectivity index (χ1n) is 6.41. The number of phenols is 1. The molecular weight excluding hydrogens is 262 g/mol. The van der Waals surface area contributed by atoms with Crippen molar-refractivity contribution in [3.63, 3.8) is 0 Å². The van der Waals surface area contributed by atoms with Gasteiger partial charge in [0.05, 0.1) is 18.6 Å². The van der Waals surface area contributed by atoms with Gasteiger partial charge in [0.15, 0.2) is 0 Å². The average Bonchev–Trinajstić information content (AvgIpc) is 2.83. The third kappa shape index (κ3) is 3.27. The molecule has 0 aliphatic carbocycles. The van der Waals surface area contributed by atoms with Crippen molar-refractivity contribution in [2.24, 2.45) is 5.92 Å². The molecule has 6 heteroatoms. The quantitative estimate of drug-likeness (QED) is 0.865. The van der Waals surface area contributed by atoms with Gasteiger partial charge in [-0.15, -0.1) is 0 Å². The van der Waals surface area contributed by atoms with Crippen molar-refractivity contribution in [1.29, 1.82) is 0 Å². The summed E-state index contributed by atoms with van der Waals surface area (Å²) in [6.07, 6.45) is 0.600. The molecule has 1 amide bonds. The minimum absolute atomic E-state index is 0.00967. The van der Waals surface area contributed by atoms with E-state index in [-0.39, 0.29) is 23.7 Å². The first-order chi connectivity index (χ1) is 9.47. The molecule has 1 aromatic rings. The largest absolute Gasteiger partial charge is 0.508 e. The SMILES string of the molecule is CC1CC(C(=O)N(CC(=O)O)c2ccc(O)cc2)CO1. The molecule has 1 aromatic carbocycles. The molecule has 0 saturated carbocycles. The summed E-state index contributed by atoms with van der Waals surface area (Å²) in [5.41, 5.74) is 0.453. The molecule has 2 N–H and O–H groups in total. The average molecular weight is 279 g/mol. The fourth-order valence-corrected chi connectivity index (χ4v) is 2.27. The molecule has 1 aliphatic rings. The number of hydrogen-bond acceptors (Lipinski definition) is 4. The van der Waals surface area contributed by atoms with Gasteiger partial charge in [-0.1, -0.05) is 0 Å². The Morgan fingerprint density at radius 1 is 1.35 bits per heavy atom. The normalized spacial score (nSPS) is 21.6. The smallest absolute Gasteiger partial charge is 0.323 e. The van der Waals surface area contributed by atoms with Crippen molar-refractivity contribution in [3.8, 4) is 5.75 Å². The highest BCUT2D eigenvalue weighted by molar-refractivity contribution is 5.99.